The summed E-state index contributed by atoms with van der Waals surface area (Å²) >= 11 is 0. The van der Waals surface area contributed by atoms with Crippen LogP contribution in [0.25, 0.3) is 38.6 Å². The monoisotopic (exact) mass is 559 g/mol. The fourth-order valence-corrected chi connectivity index (χ4v) is 10.4. The molecule has 6 aromatic carbocycles. The van der Waals surface area contributed by atoms with Crippen molar-refractivity contribution < 1.29 is 4.57 Å². The van der Waals surface area contributed by atoms with Crippen LogP contribution in [0.3, 0.4) is 0 Å². The number of rotatable bonds is 3. The van der Waals surface area contributed by atoms with Gasteiger partial charge in [-0.2, -0.15) is 0 Å². The fraction of sp³-hybridized carbons (Fsp3) is 0.0769. The Kier molecular flexibility index (Phi) is 5.48. The van der Waals surface area contributed by atoms with Crippen LogP contribution in [0.5, 0.6) is 0 Å². The second-order valence-corrected chi connectivity index (χ2v) is 14.4. The smallest absolute Gasteiger partial charge is 0.171 e. The molecule has 0 fully saturated rings. The molecule has 2 heterocycles. The summed E-state index contributed by atoms with van der Waals surface area (Å²) in [6.45, 7) is 4.50. The number of hydrogen-bond acceptors (Lipinski definition) is 1. The highest BCUT2D eigenvalue weighted by Gasteiger charge is 2.44. The standard InChI is InChI=1S/C39H30NOP/c1-39(2)33-19-8-11-22-37(33)42(41,30-15-4-3-5-16-30)38-26-28(23-24-34(38)39)27-13-12-14-29(25-27)40-35-20-9-6-17-31(35)32-18-7-10-21-36(32)40/h3-26H,1-2H3. The van der Waals surface area contributed by atoms with Crippen LogP contribution in [0.15, 0.2) is 146 Å². The molecule has 2 nitrogen and oxygen atoms in total. The summed E-state index contributed by atoms with van der Waals surface area (Å²) in [5, 5.41) is 5.27. The summed E-state index contributed by atoms with van der Waals surface area (Å²) < 4.78 is 17.8. The molecule has 1 aliphatic heterocycles. The molecule has 0 radical (unpaired) electrons. The lowest BCUT2D eigenvalue weighted by atomic mass is 9.77. The maximum atomic E-state index is 15.5. The van der Waals surface area contributed by atoms with E-state index in [-0.39, 0.29) is 5.41 Å². The number of para-hydroxylation sites is 2. The van der Waals surface area contributed by atoms with E-state index in [4.69, 9.17) is 0 Å². The van der Waals surface area contributed by atoms with E-state index in [0.29, 0.717) is 0 Å². The van der Waals surface area contributed by atoms with Crippen molar-refractivity contribution >= 4 is 44.9 Å². The summed E-state index contributed by atoms with van der Waals surface area (Å²) in [6.07, 6.45) is 0. The Balaban J connectivity index is 1.35. The van der Waals surface area contributed by atoms with Crippen LogP contribution in [0.2, 0.25) is 0 Å². The van der Waals surface area contributed by atoms with E-state index in [2.05, 4.69) is 128 Å². The van der Waals surface area contributed by atoms with Gasteiger partial charge in [0.2, 0.25) is 0 Å². The predicted molar refractivity (Wildman–Crippen MR) is 178 cm³/mol. The first kappa shape index (κ1) is 25.1. The van der Waals surface area contributed by atoms with Crippen LogP contribution in [0.4, 0.5) is 0 Å². The van der Waals surface area contributed by atoms with Crippen LogP contribution >= 0.6 is 7.14 Å². The average Bonchev–Trinajstić information content (AvgIpc) is 3.38. The Bertz CT molecular complexity index is 2150. The summed E-state index contributed by atoms with van der Waals surface area (Å²) in [7, 11) is -3.10. The van der Waals surface area contributed by atoms with Crippen LogP contribution in [0.1, 0.15) is 25.0 Å². The Morgan fingerprint density at radius 2 is 1.12 bits per heavy atom. The SMILES string of the molecule is CC1(C)c2ccccc2P(=O)(c2ccccc2)c2cc(-c3cccc(-n4c5ccccc5c5ccccc54)c3)ccc21. The minimum atomic E-state index is -3.10. The van der Waals surface area contributed by atoms with Gasteiger partial charge in [-0.05, 0) is 52.6 Å². The predicted octanol–water partition coefficient (Wildman–Crippen LogP) is 8.73. The Morgan fingerprint density at radius 3 is 1.86 bits per heavy atom. The first-order valence-electron chi connectivity index (χ1n) is 14.5. The van der Waals surface area contributed by atoms with Crippen molar-refractivity contribution in [2.24, 2.45) is 0 Å². The van der Waals surface area contributed by atoms with Gasteiger partial charge in [0.25, 0.3) is 0 Å². The molecular formula is C39H30NOP. The fourth-order valence-electron chi connectivity index (χ4n) is 6.99. The molecule has 0 saturated heterocycles. The van der Waals surface area contributed by atoms with Crippen molar-refractivity contribution in [1.82, 2.24) is 4.57 Å². The molecule has 1 atom stereocenters. The third-order valence-electron chi connectivity index (χ3n) is 9.06. The first-order chi connectivity index (χ1) is 20.5. The largest absolute Gasteiger partial charge is 0.309 e. The third kappa shape index (κ3) is 3.49. The van der Waals surface area contributed by atoms with E-state index in [1.165, 1.54) is 21.8 Å². The first-order valence-corrected chi connectivity index (χ1v) is 16.2. The number of benzene rings is 6. The maximum Gasteiger partial charge on any atom is 0.171 e. The number of aromatic nitrogens is 1. The Labute approximate surface area is 246 Å². The topological polar surface area (TPSA) is 22.0 Å². The molecule has 1 aliphatic rings. The van der Waals surface area contributed by atoms with Crippen molar-refractivity contribution in [3.05, 3.63) is 157 Å². The minimum Gasteiger partial charge on any atom is -0.309 e. The van der Waals surface area contributed by atoms with E-state index in [1.807, 2.05) is 36.4 Å². The summed E-state index contributed by atoms with van der Waals surface area (Å²) in [5.74, 6) is 0. The zero-order chi connectivity index (χ0) is 28.5. The minimum absolute atomic E-state index is 0.266. The van der Waals surface area contributed by atoms with Crippen LogP contribution in [0, 0.1) is 0 Å². The highest BCUT2D eigenvalue weighted by atomic mass is 31.2. The van der Waals surface area contributed by atoms with Gasteiger partial charge in [0.05, 0.1) is 11.0 Å². The van der Waals surface area contributed by atoms with E-state index < -0.39 is 7.14 Å². The van der Waals surface area contributed by atoms with E-state index in [0.717, 1.165) is 43.9 Å². The molecule has 202 valence electrons. The third-order valence-corrected chi connectivity index (χ3v) is 12.2. The number of fused-ring (bicyclic) bond motifs is 5. The van der Waals surface area contributed by atoms with Crippen molar-refractivity contribution in [1.29, 1.82) is 0 Å². The van der Waals surface area contributed by atoms with Crippen molar-refractivity contribution in [3.8, 4) is 16.8 Å². The maximum absolute atomic E-state index is 15.5. The van der Waals surface area contributed by atoms with Gasteiger partial charge in [-0.3, -0.25) is 0 Å². The van der Waals surface area contributed by atoms with Gasteiger partial charge >= 0.3 is 0 Å². The number of nitrogens with zero attached hydrogens (tertiary/aromatic N) is 1. The van der Waals surface area contributed by atoms with Crippen LogP contribution < -0.4 is 15.9 Å². The lowest BCUT2D eigenvalue weighted by molar-refractivity contribution is 0.586. The second-order valence-electron chi connectivity index (χ2n) is 11.7. The molecule has 0 aliphatic carbocycles. The molecule has 1 unspecified atom stereocenters. The number of hydrogen-bond donors (Lipinski definition) is 0. The molecule has 0 N–H and O–H groups in total. The summed E-state index contributed by atoms with van der Waals surface area (Å²) in [4.78, 5) is 0. The zero-order valence-electron chi connectivity index (χ0n) is 23.7. The lowest BCUT2D eigenvalue weighted by Crippen LogP contribution is -2.42. The normalized spacial score (nSPS) is 17.2. The highest BCUT2D eigenvalue weighted by molar-refractivity contribution is 7.85. The van der Waals surface area contributed by atoms with Crippen molar-refractivity contribution in [2.45, 2.75) is 19.3 Å². The molecule has 0 spiro atoms. The molecule has 8 rings (SSSR count). The van der Waals surface area contributed by atoms with Gasteiger partial charge in [0, 0.05) is 37.8 Å². The van der Waals surface area contributed by atoms with E-state index in [9.17, 15) is 0 Å². The van der Waals surface area contributed by atoms with Gasteiger partial charge in [-0.25, -0.2) is 0 Å². The average molecular weight is 560 g/mol. The van der Waals surface area contributed by atoms with E-state index >= 15 is 4.57 Å². The van der Waals surface area contributed by atoms with Gasteiger partial charge in [0.15, 0.2) is 7.14 Å². The molecule has 42 heavy (non-hydrogen) atoms. The molecule has 3 heteroatoms. The molecule has 7 aromatic rings. The highest BCUT2D eigenvalue weighted by Crippen LogP contribution is 2.53. The molecule has 1 aromatic heterocycles. The molecule has 0 bridgehead atoms. The molecule has 0 saturated carbocycles. The van der Waals surface area contributed by atoms with Crippen LogP contribution in [-0.2, 0) is 9.98 Å². The van der Waals surface area contributed by atoms with Gasteiger partial charge < -0.3 is 9.13 Å². The summed E-state index contributed by atoms with van der Waals surface area (Å²) in [6, 6.07) is 50.9. The van der Waals surface area contributed by atoms with Crippen LogP contribution in [-0.4, -0.2) is 4.57 Å². The Morgan fingerprint density at radius 1 is 0.524 bits per heavy atom. The zero-order valence-corrected chi connectivity index (χ0v) is 24.6. The van der Waals surface area contributed by atoms with Crippen molar-refractivity contribution in [3.63, 3.8) is 0 Å². The van der Waals surface area contributed by atoms with E-state index in [1.54, 1.807) is 0 Å². The summed E-state index contributed by atoms with van der Waals surface area (Å²) in [5.41, 5.74) is 7.68. The van der Waals surface area contributed by atoms with Gasteiger partial charge in [-0.1, -0.05) is 129 Å². The molecule has 0 amide bonds. The lowest BCUT2D eigenvalue weighted by Gasteiger charge is -2.39. The second kappa shape index (κ2) is 9.18. The Hall–Kier alpha value is -4.65. The molecular weight excluding hydrogens is 529 g/mol. The van der Waals surface area contributed by atoms with Gasteiger partial charge in [0.1, 0.15) is 0 Å². The van der Waals surface area contributed by atoms with Gasteiger partial charge in [-0.15, -0.1) is 0 Å². The quantitative estimate of drug-likeness (QED) is 0.199. The van der Waals surface area contributed by atoms with Crippen molar-refractivity contribution in [2.75, 3.05) is 0 Å².